The van der Waals surface area contributed by atoms with Crippen LogP contribution in [0, 0.1) is 0 Å². The van der Waals surface area contributed by atoms with Crippen LogP contribution in [-0.2, 0) is 19.0 Å². The maximum atomic E-state index is 11.9. The summed E-state index contributed by atoms with van der Waals surface area (Å²) in [6.07, 6.45) is 31.2. The summed E-state index contributed by atoms with van der Waals surface area (Å²) in [5, 5.41) is 0. The molecule has 1 unspecified atom stereocenters. The van der Waals surface area contributed by atoms with E-state index in [2.05, 4.69) is 30.7 Å². The molecular formula is C41H84N4O4. The van der Waals surface area contributed by atoms with E-state index in [-0.39, 0.29) is 5.97 Å². The number of guanidine groups is 1. The van der Waals surface area contributed by atoms with Crippen molar-refractivity contribution in [2.45, 2.75) is 194 Å². The highest BCUT2D eigenvalue weighted by Gasteiger charge is 2.09. The van der Waals surface area contributed by atoms with E-state index in [1.807, 2.05) is 19.0 Å². The van der Waals surface area contributed by atoms with Crippen molar-refractivity contribution < 1.29 is 19.0 Å². The molecule has 0 aliphatic heterocycles. The lowest BCUT2D eigenvalue weighted by atomic mass is 10.1. The summed E-state index contributed by atoms with van der Waals surface area (Å²) < 4.78 is 17.3. The SMILES string of the molecule is CCCCCCCOC(=O)CCCCCCCCN(CCCCCCCCOCOC(CCCC)CCCCC)CCCN=C(N)N(C)C. The molecule has 0 spiro atoms. The van der Waals surface area contributed by atoms with Crippen LogP contribution in [0.1, 0.15) is 188 Å². The molecular weight excluding hydrogens is 612 g/mol. The average Bonchev–Trinajstić information content (AvgIpc) is 3.09. The Kier molecular flexibility index (Phi) is 36.8. The van der Waals surface area contributed by atoms with Crippen molar-refractivity contribution in [1.29, 1.82) is 0 Å². The second kappa shape index (κ2) is 37.9. The fourth-order valence-electron chi connectivity index (χ4n) is 6.06. The van der Waals surface area contributed by atoms with Crippen LogP contribution in [0.4, 0.5) is 0 Å². The lowest BCUT2D eigenvalue weighted by molar-refractivity contribution is -0.143. The summed E-state index contributed by atoms with van der Waals surface area (Å²) in [6.45, 7) is 12.8. The number of aliphatic imine (C=N–C) groups is 1. The second-order valence-electron chi connectivity index (χ2n) is 14.4. The van der Waals surface area contributed by atoms with Crippen molar-refractivity contribution in [3.63, 3.8) is 0 Å². The minimum atomic E-state index is -0.0125. The zero-order valence-electron chi connectivity index (χ0n) is 33.5. The molecule has 8 nitrogen and oxygen atoms in total. The lowest BCUT2D eigenvalue weighted by Gasteiger charge is -2.22. The van der Waals surface area contributed by atoms with Crippen molar-refractivity contribution in [3.8, 4) is 0 Å². The quantitative estimate of drug-likeness (QED) is 0.0226. The predicted octanol–water partition coefficient (Wildman–Crippen LogP) is 10.3. The molecule has 0 radical (unpaired) electrons. The monoisotopic (exact) mass is 697 g/mol. The third-order valence-corrected chi connectivity index (χ3v) is 9.39. The van der Waals surface area contributed by atoms with Gasteiger partial charge in [0.15, 0.2) is 5.96 Å². The van der Waals surface area contributed by atoms with Gasteiger partial charge in [-0.15, -0.1) is 0 Å². The summed E-state index contributed by atoms with van der Waals surface area (Å²) in [6, 6.07) is 0. The summed E-state index contributed by atoms with van der Waals surface area (Å²) in [4.78, 5) is 21.0. The third-order valence-electron chi connectivity index (χ3n) is 9.39. The minimum absolute atomic E-state index is 0.0125. The fraction of sp³-hybridized carbons (Fsp3) is 0.951. The van der Waals surface area contributed by atoms with Crippen molar-refractivity contribution in [1.82, 2.24) is 9.80 Å². The molecule has 0 aliphatic carbocycles. The van der Waals surface area contributed by atoms with Crippen LogP contribution in [0.3, 0.4) is 0 Å². The molecule has 0 amide bonds. The number of nitrogens with two attached hydrogens (primary N) is 1. The first-order valence-corrected chi connectivity index (χ1v) is 21.0. The van der Waals surface area contributed by atoms with E-state index in [0.29, 0.717) is 31.9 Å². The highest BCUT2D eigenvalue weighted by Crippen LogP contribution is 2.14. The van der Waals surface area contributed by atoms with Crippen molar-refractivity contribution in [2.24, 2.45) is 10.7 Å². The predicted molar refractivity (Wildman–Crippen MR) is 210 cm³/mol. The minimum Gasteiger partial charge on any atom is -0.466 e. The van der Waals surface area contributed by atoms with Gasteiger partial charge in [-0.1, -0.05) is 130 Å². The van der Waals surface area contributed by atoms with Gasteiger partial charge in [0.2, 0.25) is 0 Å². The van der Waals surface area contributed by atoms with Crippen LogP contribution >= 0.6 is 0 Å². The Labute approximate surface area is 305 Å². The van der Waals surface area contributed by atoms with Crippen LogP contribution in [0.25, 0.3) is 0 Å². The molecule has 8 heteroatoms. The number of hydrogen-bond acceptors (Lipinski definition) is 6. The Balaban J connectivity index is 4.07. The van der Waals surface area contributed by atoms with E-state index in [1.165, 1.54) is 135 Å². The topological polar surface area (TPSA) is 89.6 Å². The van der Waals surface area contributed by atoms with Gasteiger partial charge in [0.25, 0.3) is 0 Å². The number of hydrogen-bond donors (Lipinski definition) is 1. The van der Waals surface area contributed by atoms with Crippen molar-refractivity contribution in [3.05, 3.63) is 0 Å². The van der Waals surface area contributed by atoms with Crippen molar-refractivity contribution >= 4 is 11.9 Å². The maximum absolute atomic E-state index is 11.9. The zero-order chi connectivity index (χ0) is 36.0. The molecule has 0 saturated carbocycles. The van der Waals surface area contributed by atoms with E-state index >= 15 is 0 Å². The number of esters is 1. The van der Waals surface area contributed by atoms with Gasteiger partial charge < -0.3 is 29.7 Å². The summed E-state index contributed by atoms with van der Waals surface area (Å²) in [7, 11) is 3.88. The second-order valence-corrected chi connectivity index (χ2v) is 14.4. The summed E-state index contributed by atoms with van der Waals surface area (Å²) in [5.74, 6) is 0.597. The molecule has 292 valence electrons. The van der Waals surface area contributed by atoms with Gasteiger partial charge in [-0.2, -0.15) is 0 Å². The van der Waals surface area contributed by atoms with Crippen LogP contribution < -0.4 is 5.73 Å². The Morgan fingerprint density at radius 3 is 1.76 bits per heavy atom. The van der Waals surface area contributed by atoms with Gasteiger partial charge in [-0.25, -0.2) is 0 Å². The molecule has 0 saturated heterocycles. The zero-order valence-corrected chi connectivity index (χ0v) is 33.5. The highest BCUT2D eigenvalue weighted by atomic mass is 16.7. The molecule has 0 fully saturated rings. The normalized spacial score (nSPS) is 12.6. The molecule has 0 heterocycles. The Morgan fingerprint density at radius 1 is 0.612 bits per heavy atom. The molecule has 49 heavy (non-hydrogen) atoms. The molecule has 0 aromatic carbocycles. The number of ether oxygens (including phenoxy) is 3. The van der Waals surface area contributed by atoms with E-state index in [1.54, 1.807) is 0 Å². The third kappa shape index (κ3) is 34.8. The molecule has 0 aromatic heterocycles. The molecule has 0 bridgehead atoms. The number of nitrogens with zero attached hydrogens (tertiary/aromatic N) is 3. The summed E-state index contributed by atoms with van der Waals surface area (Å²) in [5.41, 5.74) is 5.98. The highest BCUT2D eigenvalue weighted by molar-refractivity contribution is 5.77. The largest absolute Gasteiger partial charge is 0.466 e. The molecule has 0 aromatic rings. The van der Waals surface area contributed by atoms with Gasteiger partial charge in [0.05, 0.1) is 12.7 Å². The first kappa shape index (κ1) is 47.6. The standard InChI is InChI=1S/C41H84N4O4/c1-6-9-12-20-27-37-48-40(46)31-23-17-13-14-18-24-33-45(35-28-32-43-41(42)44(4)5)34-25-19-15-16-21-26-36-47-38-49-39(29-11-8-3)30-22-10-7-2/h39H,6-38H2,1-5H3,(H2,42,43). The number of rotatable bonds is 38. The Hall–Kier alpha value is -1.38. The van der Waals surface area contributed by atoms with Crippen LogP contribution in [0.15, 0.2) is 4.99 Å². The van der Waals surface area contributed by atoms with E-state index in [9.17, 15) is 4.79 Å². The maximum Gasteiger partial charge on any atom is 0.305 e. The molecule has 1 atom stereocenters. The molecule has 0 rings (SSSR count). The van der Waals surface area contributed by atoms with Gasteiger partial charge >= 0.3 is 5.97 Å². The van der Waals surface area contributed by atoms with E-state index in [4.69, 9.17) is 19.9 Å². The molecule has 0 aliphatic rings. The number of carbonyl (C=O) groups excluding carboxylic acids is 1. The Bertz CT molecular complexity index is 722. The average molecular weight is 697 g/mol. The first-order chi connectivity index (χ1) is 23.9. The summed E-state index contributed by atoms with van der Waals surface area (Å²) >= 11 is 0. The number of unbranched alkanes of at least 4 members (excludes halogenated alkanes) is 17. The Morgan fingerprint density at radius 2 is 1.12 bits per heavy atom. The van der Waals surface area contributed by atoms with Gasteiger partial charge in [0, 0.05) is 33.7 Å². The van der Waals surface area contributed by atoms with E-state index < -0.39 is 0 Å². The van der Waals surface area contributed by atoms with Gasteiger partial charge in [0.1, 0.15) is 6.79 Å². The number of carbonyl (C=O) groups is 1. The molecule has 2 N–H and O–H groups in total. The first-order valence-electron chi connectivity index (χ1n) is 21.0. The van der Waals surface area contributed by atoms with Gasteiger partial charge in [-0.3, -0.25) is 9.79 Å². The van der Waals surface area contributed by atoms with Gasteiger partial charge in [-0.05, 0) is 71.0 Å². The van der Waals surface area contributed by atoms with Crippen molar-refractivity contribution in [2.75, 3.05) is 60.3 Å². The fourth-order valence-corrected chi connectivity index (χ4v) is 6.06. The van der Waals surface area contributed by atoms with E-state index in [0.717, 1.165) is 58.3 Å². The lowest BCUT2D eigenvalue weighted by Crippen LogP contribution is -2.31. The smallest absolute Gasteiger partial charge is 0.305 e. The van der Waals surface area contributed by atoms with Crippen LogP contribution in [0.2, 0.25) is 0 Å². The van der Waals surface area contributed by atoms with Crippen LogP contribution in [-0.4, -0.2) is 88.1 Å². The van der Waals surface area contributed by atoms with Crippen LogP contribution in [0.5, 0.6) is 0 Å².